The van der Waals surface area contributed by atoms with Crippen molar-refractivity contribution in [1.82, 2.24) is 36.4 Å². The lowest BCUT2D eigenvalue weighted by Gasteiger charge is -2.32. The number of guanidine groups is 1. The van der Waals surface area contributed by atoms with Crippen molar-refractivity contribution < 1.29 is 47.9 Å². The van der Waals surface area contributed by atoms with E-state index in [1.807, 2.05) is 0 Å². The quantitative estimate of drug-likeness (QED) is 0.0219. The third kappa shape index (κ3) is 18.9. The molecular formula is C45H66N14O10. The molecule has 24 nitrogen and oxygen atoms in total. The first kappa shape index (κ1) is 55.7. The van der Waals surface area contributed by atoms with Crippen molar-refractivity contribution in [2.45, 2.75) is 113 Å². The Morgan fingerprint density at radius 3 is 1.74 bits per heavy atom. The molecule has 0 bridgehead atoms. The molecule has 17 N–H and O–H groups in total. The van der Waals surface area contributed by atoms with Crippen LogP contribution in [-0.2, 0) is 60.8 Å². The van der Waals surface area contributed by atoms with Gasteiger partial charge in [-0.15, -0.1) is 0 Å². The SMILES string of the molecule is C[C@@H](N)C(=O)NCC(=O)N(C)[C@@H](Cc1ccccc1)C(=O)N[C@@H](CCC(N)=O)C(=O)N1CCC[C@H]1C(=O)N[C@@H](CCC(N)=O)C(=O)N[C@@H](CCCN=C(N)N)C(=O)N[C@@H](Cc1ccccc1)C(N)=O. The summed E-state index contributed by atoms with van der Waals surface area (Å²) >= 11 is 0. The molecule has 2 aromatic rings. The standard InChI is InChI=1S/C45H66N14O10/c1-26(46)39(64)53-25-37(62)58(2)34(24-28-13-7-4-8-14-28)43(68)56-31(18-20-36(48)61)44(69)59-22-10-16-33(59)42(67)55-30(17-19-35(47)60)41(66)54-29(15-9-21-52-45(50)51)40(65)57-32(38(49)63)23-27-11-5-3-6-12-27/h3-8,11-14,26,29-34H,9-10,15-25,46H2,1-2H3,(H2,47,60)(H2,48,61)(H2,49,63)(H,53,64)(H,54,66)(H,55,67)(H,56,68)(H,57,65)(H4,50,51,52)/t26-,29+,30+,31+,32+,33+,34+/m1/s1. The van der Waals surface area contributed by atoms with Gasteiger partial charge in [0.05, 0.1) is 12.6 Å². The minimum Gasteiger partial charge on any atom is -0.370 e. The third-order valence-electron chi connectivity index (χ3n) is 11.2. The van der Waals surface area contributed by atoms with Gasteiger partial charge in [-0.25, -0.2) is 0 Å². The summed E-state index contributed by atoms with van der Waals surface area (Å²) in [7, 11) is 1.35. The van der Waals surface area contributed by atoms with Crippen LogP contribution in [0.5, 0.6) is 0 Å². The predicted octanol–water partition coefficient (Wildman–Crippen LogP) is -4.24. The van der Waals surface area contributed by atoms with Crippen molar-refractivity contribution in [3.8, 4) is 0 Å². The van der Waals surface area contributed by atoms with Gasteiger partial charge in [-0.3, -0.25) is 52.9 Å². The van der Waals surface area contributed by atoms with Crippen LogP contribution in [0, 0.1) is 0 Å². The van der Waals surface area contributed by atoms with Crippen LogP contribution in [0.1, 0.15) is 69.4 Å². The number of aliphatic imine (C=N–C) groups is 1. The molecule has 376 valence electrons. The fraction of sp³-hybridized carbons (Fsp3) is 0.489. The van der Waals surface area contributed by atoms with E-state index in [0.29, 0.717) is 17.5 Å². The molecule has 0 aliphatic carbocycles. The molecule has 24 heteroatoms. The summed E-state index contributed by atoms with van der Waals surface area (Å²) in [5, 5.41) is 12.8. The second-order valence-corrected chi connectivity index (χ2v) is 16.7. The van der Waals surface area contributed by atoms with Gasteiger partial charge >= 0.3 is 0 Å². The topological polar surface area (TPSA) is 406 Å². The van der Waals surface area contributed by atoms with Crippen LogP contribution in [0.2, 0.25) is 0 Å². The molecule has 1 heterocycles. The number of carbonyl (C=O) groups is 10. The van der Waals surface area contributed by atoms with E-state index in [0.717, 1.165) is 4.90 Å². The summed E-state index contributed by atoms with van der Waals surface area (Å²) in [5.74, 6) is -7.98. The number of nitrogens with one attached hydrogen (secondary N) is 5. The Morgan fingerprint density at radius 1 is 0.681 bits per heavy atom. The minimum absolute atomic E-state index is 0.0190. The van der Waals surface area contributed by atoms with E-state index >= 15 is 0 Å². The number of primary amides is 3. The van der Waals surface area contributed by atoms with Gasteiger partial charge < -0.3 is 70.8 Å². The van der Waals surface area contributed by atoms with Crippen LogP contribution in [0.4, 0.5) is 0 Å². The lowest BCUT2D eigenvalue weighted by Crippen LogP contribution is -2.60. The summed E-state index contributed by atoms with van der Waals surface area (Å²) in [6, 6.07) is 8.63. The lowest BCUT2D eigenvalue weighted by molar-refractivity contribution is -0.144. The summed E-state index contributed by atoms with van der Waals surface area (Å²) < 4.78 is 0. The van der Waals surface area contributed by atoms with E-state index in [2.05, 4.69) is 31.6 Å². The first-order valence-corrected chi connectivity index (χ1v) is 22.5. The van der Waals surface area contributed by atoms with Crippen LogP contribution in [0.25, 0.3) is 0 Å². The second-order valence-electron chi connectivity index (χ2n) is 16.7. The number of hydrogen-bond acceptors (Lipinski definition) is 12. The fourth-order valence-electron chi connectivity index (χ4n) is 7.39. The Labute approximate surface area is 399 Å². The molecule has 3 rings (SSSR count). The maximum atomic E-state index is 14.4. The number of rotatable bonds is 28. The number of likely N-dealkylation sites (tertiary alicyclic amines) is 1. The summed E-state index contributed by atoms with van der Waals surface area (Å²) in [4.78, 5) is 139. The molecule has 1 fully saturated rings. The van der Waals surface area contributed by atoms with Gasteiger partial charge in [0.1, 0.15) is 36.3 Å². The smallest absolute Gasteiger partial charge is 0.245 e. The van der Waals surface area contributed by atoms with Gasteiger partial charge in [0.2, 0.25) is 59.1 Å². The van der Waals surface area contributed by atoms with Gasteiger partial charge in [0.25, 0.3) is 0 Å². The zero-order valence-corrected chi connectivity index (χ0v) is 38.9. The highest BCUT2D eigenvalue weighted by Crippen LogP contribution is 2.21. The third-order valence-corrected chi connectivity index (χ3v) is 11.2. The zero-order chi connectivity index (χ0) is 51.2. The van der Waals surface area contributed by atoms with Crippen molar-refractivity contribution in [1.29, 1.82) is 0 Å². The maximum Gasteiger partial charge on any atom is 0.245 e. The Balaban J connectivity index is 1.87. The predicted molar refractivity (Wildman–Crippen MR) is 252 cm³/mol. The Morgan fingerprint density at radius 2 is 1.20 bits per heavy atom. The number of likely N-dealkylation sites (N-methyl/N-ethyl adjacent to an activating group) is 1. The van der Waals surface area contributed by atoms with Crippen molar-refractivity contribution in [3.63, 3.8) is 0 Å². The number of amides is 10. The molecule has 0 saturated carbocycles. The first-order chi connectivity index (χ1) is 32.7. The Bertz CT molecular complexity index is 2160. The van der Waals surface area contributed by atoms with E-state index in [9.17, 15) is 47.9 Å². The van der Waals surface area contributed by atoms with Gasteiger partial charge in [0.15, 0.2) is 5.96 Å². The van der Waals surface area contributed by atoms with E-state index < -0.39 is 108 Å². The van der Waals surface area contributed by atoms with Crippen molar-refractivity contribution >= 4 is 65.0 Å². The normalized spacial score (nSPS) is 15.6. The van der Waals surface area contributed by atoms with E-state index in [1.165, 1.54) is 18.9 Å². The Hall–Kier alpha value is -7.63. The monoisotopic (exact) mass is 963 g/mol. The van der Waals surface area contributed by atoms with E-state index in [4.69, 9.17) is 34.4 Å². The molecule has 0 radical (unpaired) electrons. The molecule has 1 aliphatic heterocycles. The number of carbonyl (C=O) groups excluding carboxylic acids is 10. The molecule has 1 aliphatic rings. The number of benzene rings is 2. The van der Waals surface area contributed by atoms with Crippen molar-refractivity contribution in [2.75, 3.05) is 26.7 Å². The molecule has 10 amide bonds. The van der Waals surface area contributed by atoms with Crippen LogP contribution in [-0.4, -0.2) is 144 Å². The summed E-state index contributed by atoms with van der Waals surface area (Å²) in [5.41, 5.74) is 34.4. The molecule has 1 saturated heterocycles. The molecule has 7 atom stereocenters. The number of nitrogens with two attached hydrogens (primary N) is 6. The van der Waals surface area contributed by atoms with Gasteiger partial charge in [-0.05, 0) is 56.6 Å². The molecule has 0 spiro atoms. The van der Waals surface area contributed by atoms with E-state index in [1.54, 1.807) is 60.7 Å². The highest BCUT2D eigenvalue weighted by molar-refractivity contribution is 5.98. The summed E-state index contributed by atoms with van der Waals surface area (Å²) in [6.07, 6.45) is -0.796. The van der Waals surface area contributed by atoms with Gasteiger partial charge in [-0.1, -0.05) is 60.7 Å². The molecule has 0 unspecified atom stereocenters. The fourth-order valence-corrected chi connectivity index (χ4v) is 7.39. The van der Waals surface area contributed by atoms with Crippen LogP contribution >= 0.6 is 0 Å². The van der Waals surface area contributed by atoms with Gasteiger partial charge in [-0.2, -0.15) is 0 Å². The highest BCUT2D eigenvalue weighted by atomic mass is 16.2. The average molecular weight is 963 g/mol. The minimum atomic E-state index is -1.48. The second kappa shape index (κ2) is 27.9. The Kier molecular flexibility index (Phi) is 22.5. The largest absolute Gasteiger partial charge is 0.370 e. The molecular weight excluding hydrogens is 897 g/mol. The first-order valence-electron chi connectivity index (χ1n) is 22.5. The van der Waals surface area contributed by atoms with E-state index in [-0.39, 0.29) is 76.8 Å². The zero-order valence-electron chi connectivity index (χ0n) is 38.9. The van der Waals surface area contributed by atoms with Crippen molar-refractivity contribution in [2.24, 2.45) is 39.4 Å². The van der Waals surface area contributed by atoms with Crippen LogP contribution in [0.15, 0.2) is 65.7 Å². The maximum absolute atomic E-state index is 14.4. The van der Waals surface area contributed by atoms with Crippen LogP contribution in [0.3, 0.4) is 0 Å². The summed E-state index contributed by atoms with van der Waals surface area (Å²) in [6.45, 7) is 1.03. The highest BCUT2D eigenvalue weighted by Gasteiger charge is 2.40. The van der Waals surface area contributed by atoms with Crippen molar-refractivity contribution in [3.05, 3.63) is 71.8 Å². The van der Waals surface area contributed by atoms with Crippen LogP contribution < -0.4 is 61.0 Å². The molecule has 69 heavy (non-hydrogen) atoms. The number of hydrogen-bond donors (Lipinski definition) is 11. The molecule has 0 aromatic heterocycles. The van der Waals surface area contributed by atoms with Gasteiger partial charge in [0, 0.05) is 45.8 Å². The molecule has 2 aromatic carbocycles. The number of nitrogens with zero attached hydrogens (tertiary/aromatic N) is 3. The lowest BCUT2D eigenvalue weighted by atomic mass is 10.0. The average Bonchev–Trinajstić information content (AvgIpc) is 3.81.